The molecule has 0 saturated heterocycles. The van der Waals surface area contributed by atoms with Crippen LogP contribution in [0.4, 0.5) is 5.69 Å². The van der Waals surface area contributed by atoms with Gasteiger partial charge in [-0.05, 0) is 48.9 Å². The lowest BCUT2D eigenvalue weighted by molar-refractivity contribution is 0.419. The number of anilines is 1. The Morgan fingerprint density at radius 2 is 1.78 bits per heavy atom. The normalized spacial score (nSPS) is 12.8. The molecule has 2 N–H and O–H groups in total. The van der Waals surface area contributed by atoms with Gasteiger partial charge in [0.1, 0.15) is 0 Å². The van der Waals surface area contributed by atoms with Crippen LogP contribution in [0.25, 0.3) is 0 Å². The van der Waals surface area contributed by atoms with Gasteiger partial charge in [-0.3, -0.25) is 0 Å². The first-order valence-corrected chi connectivity index (χ1v) is 7.07. The van der Waals surface area contributed by atoms with E-state index in [1.807, 2.05) is 0 Å². The molecule has 0 aromatic heterocycles. The molecule has 0 heterocycles. The Morgan fingerprint density at radius 1 is 1.17 bits per heavy atom. The van der Waals surface area contributed by atoms with Crippen molar-refractivity contribution in [2.24, 2.45) is 17.6 Å². The third-order valence-electron chi connectivity index (χ3n) is 3.46. The van der Waals surface area contributed by atoms with Gasteiger partial charge >= 0.3 is 0 Å². The highest BCUT2D eigenvalue weighted by Crippen LogP contribution is 2.18. The van der Waals surface area contributed by atoms with Crippen molar-refractivity contribution in [3.63, 3.8) is 0 Å². The molecule has 2 heteroatoms. The van der Waals surface area contributed by atoms with Crippen LogP contribution in [-0.4, -0.2) is 20.1 Å². The van der Waals surface area contributed by atoms with Gasteiger partial charge in [-0.15, -0.1) is 0 Å². The smallest absolute Gasteiger partial charge is 0.0363 e. The molecule has 1 aromatic rings. The maximum absolute atomic E-state index is 5.87. The Hall–Kier alpha value is -1.02. The largest absolute Gasteiger partial charge is 0.374 e. The molecule has 1 unspecified atom stereocenters. The summed E-state index contributed by atoms with van der Waals surface area (Å²) in [4.78, 5) is 2.32. The third-order valence-corrected chi connectivity index (χ3v) is 3.46. The van der Waals surface area contributed by atoms with Gasteiger partial charge in [-0.25, -0.2) is 0 Å². The monoisotopic (exact) mass is 248 g/mol. The Bertz CT molecular complexity index is 329. The van der Waals surface area contributed by atoms with Crippen molar-refractivity contribution in [3.05, 3.63) is 29.8 Å². The van der Waals surface area contributed by atoms with Crippen molar-refractivity contribution in [1.82, 2.24) is 0 Å². The van der Waals surface area contributed by atoms with Crippen LogP contribution in [0.3, 0.4) is 0 Å². The molecule has 1 aromatic carbocycles. The summed E-state index contributed by atoms with van der Waals surface area (Å²) in [5, 5.41) is 0. The molecular weight excluding hydrogens is 220 g/mol. The summed E-state index contributed by atoms with van der Waals surface area (Å²) in [6.45, 7) is 8.53. The molecule has 0 aliphatic rings. The lowest BCUT2D eigenvalue weighted by Crippen LogP contribution is -2.31. The maximum Gasteiger partial charge on any atom is 0.0363 e. The van der Waals surface area contributed by atoms with E-state index in [2.05, 4.69) is 57.0 Å². The van der Waals surface area contributed by atoms with Crippen molar-refractivity contribution < 1.29 is 0 Å². The molecule has 102 valence electrons. The summed E-state index contributed by atoms with van der Waals surface area (Å²) in [5.41, 5.74) is 8.55. The minimum absolute atomic E-state index is 0.584. The van der Waals surface area contributed by atoms with E-state index in [-0.39, 0.29) is 0 Å². The zero-order valence-electron chi connectivity index (χ0n) is 12.3. The van der Waals surface area contributed by atoms with Gasteiger partial charge in [-0.1, -0.05) is 32.9 Å². The first-order valence-electron chi connectivity index (χ1n) is 7.07. The van der Waals surface area contributed by atoms with Gasteiger partial charge < -0.3 is 10.6 Å². The van der Waals surface area contributed by atoms with Crippen molar-refractivity contribution in [1.29, 1.82) is 0 Å². The van der Waals surface area contributed by atoms with E-state index in [9.17, 15) is 0 Å². The molecule has 0 spiro atoms. The van der Waals surface area contributed by atoms with Crippen LogP contribution < -0.4 is 10.6 Å². The molecule has 1 atom stereocenters. The van der Waals surface area contributed by atoms with Crippen molar-refractivity contribution in [2.45, 2.75) is 33.6 Å². The van der Waals surface area contributed by atoms with Gasteiger partial charge in [0.05, 0.1) is 0 Å². The van der Waals surface area contributed by atoms with E-state index < -0.39 is 0 Å². The summed E-state index contributed by atoms with van der Waals surface area (Å²) in [6.07, 6.45) is 2.30. The molecule has 18 heavy (non-hydrogen) atoms. The van der Waals surface area contributed by atoms with Crippen LogP contribution in [0.1, 0.15) is 32.8 Å². The number of benzene rings is 1. The predicted molar refractivity (Wildman–Crippen MR) is 81.1 cm³/mol. The van der Waals surface area contributed by atoms with Gasteiger partial charge in [0.25, 0.3) is 0 Å². The van der Waals surface area contributed by atoms with Crippen LogP contribution in [0.2, 0.25) is 0 Å². The number of hydrogen-bond acceptors (Lipinski definition) is 2. The lowest BCUT2D eigenvalue weighted by atomic mass is 9.96. The second-order valence-corrected chi connectivity index (χ2v) is 5.63. The number of nitrogens with two attached hydrogens (primary N) is 1. The average molecular weight is 248 g/mol. The van der Waals surface area contributed by atoms with E-state index in [4.69, 9.17) is 5.73 Å². The van der Waals surface area contributed by atoms with Gasteiger partial charge in [0, 0.05) is 19.3 Å². The molecule has 1 rings (SSSR count). The number of hydrogen-bond donors (Lipinski definition) is 1. The fourth-order valence-electron chi connectivity index (χ4n) is 2.39. The fraction of sp³-hybridized carbons (Fsp3) is 0.625. The third kappa shape index (κ3) is 4.69. The van der Waals surface area contributed by atoms with Gasteiger partial charge in [0.2, 0.25) is 0 Å². The molecular formula is C16H28N2. The van der Waals surface area contributed by atoms with Crippen LogP contribution >= 0.6 is 0 Å². The van der Waals surface area contributed by atoms with Gasteiger partial charge in [0.15, 0.2) is 0 Å². The SMILES string of the molecule is CCc1ccc(N(C)CC(CN)CC(C)C)cc1. The fourth-order valence-corrected chi connectivity index (χ4v) is 2.39. The van der Waals surface area contributed by atoms with Crippen LogP contribution in [0.5, 0.6) is 0 Å². The summed E-state index contributed by atoms with van der Waals surface area (Å²) < 4.78 is 0. The second kappa shape index (κ2) is 7.42. The summed E-state index contributed by atoms with van der Waals surface area (Å²) in [6, 6.07) is 8.85. The molecule has 0 saturated carbocycles. The Labute approximate surface area is 112 Å². The van der Waals surface area contributed by atoms with Crippen molar-refractivity contribution in [3.8, 4) is 0 Å². The quantitative estimate of drug-likeness (QED) is 0.802. The maximum atomic E-state index is 5.87. The van der Waals surface area contributed by atoms with Gasteiger partial charge in [-0.2, -0.15) is 0 Å². The minimum atomic E-state index is 0.584. The molecule has 0 fully saturated rings. The first kappa shape index (κ1) is 15.0. The minimum Gasteiger partial charge on any atom is -0.374 e. The number of aryl methyl sites for hydroxylation is 1. The highest BCUT2D eigenvalue weighted by molar-refractivity contribution is 5.46. The first-order chi connectivity index (χ1) is 8.56. The predicted octanol–water partition coefficient (Wildman–Crippen LogP) is 3.31. The molecule has 0 aliphatic carbocycles. The highest BCUT2D eigenvalue weighted by Gasteiger charge is 2.12. The molecule has 2 nitrogen and oxygen atoms in total. The van der Waals surface area contributed by atoms with E-state index in [0.717, 1.165) is 25.4 Å². The highest BCUT2D eigenvalue weighted by atomic mass is 15.1. The number of nitrogens with zero attached hydrogens (tertiary/aromatic N) is 1. The topological polar surface area (TPSA) is 29.3 Å². The standard InChI is InChI=1S/C16H28N2/c1-5-14-6-8-16(9-7-14)18(4)12-15(11-17)10-13(2)3/h6-9,13,15H,5,10-12,17H2,1-4H3. The van der Waals surface area contributed by atoms with E-state index in [1.165, 1.54) is 17.7 Å². The number of rotatable bonds is 7. The molecule has 0 aliphatic heterocycles. The van der Waals surface area contributed by atoms with Crippen LogP contribution in [0.15, 0.2) is 24.3 Å². The average Bonchev–Trinajstić information content (AvgIpc) is 2.37. The van der Waals surface area contributed by atoms with Crippen LogP contribution in [-0.2, 0) is 6.42 Å². The zero-order chi connectivity index (χ0) is 13.5. The van der Waals surface area contributed by atoms with E-state index in [0.29, 0.717) is 5.92 Å². The molecule has 0 amide bonds. The second-order valence-electron chi connectivity index (χ2n) is 5.63. The Morgan fingerprint density at radius 3 is 2.22 bits per heavy atom. The van der Waals surface area contributed by atoms with Crippen LogP contribution in [0, 0.1) is 11.8 Å². The summed E-state index contributed by atoms with van der Waals surface area (Å²) in [7, 11) is 2.16. The molecule has 0 radical (unpaired) electrons. The molecule has 0 bridgehead atoms. The van der Waals surface area contributed by atoms with E-state index in [1.54, 1.807) is 0 Å². The summed E-state index contributed by atoms with van der Waals surface area (Å²) in [5.74, 6) is 1.30. The van der Waals surface area contributed by atoms with E-state index >= 15 is 0 Å². The Kier molecular flexibility index (Phi) is 6.20. The Balaban J connectivity index is 2.59. The zero-order valence-corrected chi connectivity index (χ0v) is 12.3. The van der Waals surface area contributed by atoms with Crippen molar-refractivity contribution in [2.75, 3.05) is 25.0 Å². The van der Waals surface area contributed by atoms with Crippen molar-refractivity contribution >= 4 is 5.69 Å². The summed E-state index contributed by atoms with van der Waals surface area (Å²) >= 11 is 0. The lowest BCUT2D eigenvalue weighted by Gasteiger charge is -2.26.